The number of hydrogen-bond acceptors (Lipinski definition) is 5. The number of benzene rings is 1. The molecule has 0 radical (unpaired) electrons. The SMILES string of the molecule is CN(CCC#N)C(=O)Cc1csc(COc2ccc(Cl)cc2)n1. The number of nitriles is 1. The maximum absolute atomic E-state index is 12.0. The molecular formula is C16H16ClN3O2S. The van der Waals surface area contributed by atoms with E-state index in [0.29, 0.717) is 24.6 Å². The topological polar surface area (TPSA) is 66.2 Å². The lowest BCUT2D eigenvalue weighted by molar-refractivity contribution is -0.129. The Bertz CT molecular complexity index is 694. The summed E-state index contributed by atoms with van der Waals surface area (Å²) in [5.74, 6) is 0.675. The van der Waals surface area contributed by atoms with Gasteiger partial charge in [-0.25, -0.2) is 4.98 Å². The summed E-state index contributed by atoms with van der Waals surface area (Å²) < 4.78 is 5.62. The summed E-state index contributed by atoms with van der Waals surface area (Å²) in [5, 5.41) is 11.9. The van der Waals surface area contributed by atoms with Crippen molar-refractivity contribution < 1.29 is 9.53 Å². The minimum atomic E-state index is -0.0456. The molecule has 2 aromatic rings. The van der Waals surface area contributed by atoms with Crippen molar-refractivity contribution in [3.05, 3.63) is 45.4 Å². The first kappa shape index (κ1) is 17.3. The molecule has 0 saturated carbocycles. The van der Waals surface area contributed by atoms with Crippen LogP contribution in [0.2, 0.25) is 5.02 Å². The third-order valence-electron chi connectivity index (χ3n) is 3.09. The number of hydrogen-bond donors (Lipinski definition) is 0. The number of ether oxygens (including phenoxy) is 1. The van der Waals surface area contributed by atoms with Gasteiger partial charge in [-0.15, -0.1) is 11.3 Å². The van der Waals surface area contributed by atoms with Crippen molar-refractivity contribution in [2.24, 2.45) is 0 Å². The van der Waals surface area contributed by atoms with E-state index in [4.69, 9.17) is 21.6 Å². The number of halogens is 1. The quantitative estimate of drug-likeness (QED) is 0.769. The number of amides is 1. The van der Waals surface area contributed by atoms with Gasteiger partial charge >= 0.3 is 0 Å². The number of thiazole rings is 1. The number of rotatable bonds is 7. The van der Waals surface area contributed by atoms with Crippen LogP contribution < -0.4 is 4.74 Å². The minimum absolute atomic E-state index is 0.0456. The van der Waals surface area contributed by atoms with E-state index >= 15 is 0 Å². The molecule has 0 fully saturated rings. The van der Waals surface area contributed by atoms with Gasteiger partial charge in [-0.3, -0.25) is 4.79 Å². The molecule has 23 heavy (non-hydrogen) atoms. The number of carbonyl (C=O) groups is 1. The summed E-state index contributed by atoms with van der Waals surface area (Å²) in [5.41, 5.74) is 0.721. The molecule has 0 spiro atoms. The minimum Gasteiger partial charge on any atom is -0.486 e. The average molecular weight is 350 g/mol. The van der Waals surface area contributed by atoms with Crippen LogP contribution in [0.4, 0.5) is 0 Å². The zero-order valence-corrected chi connectivity index (χ0v) is 14.2. The lowest BCUT2D eigenvalue weighted by Gasteiger charge is -2.14. The highest BCUT2D eigenvalue weighted by molar-refractivity contribution is 7.09. The molecular weight excluding hydrogens is 334 g/mol. The monoisotopic (exact) mass is 349 g/mol. The van der Waals surface area contributed by atoms with Crippen molar-refractivity contribution in [1.82, 2.24) is 9.88 Å². The van der Waals surface area contributed by atoms with Crippen LogP contribution >= 0.6 is 22.9 Å². The van der Waals surface area contributed by atoms with Crippen LogP contribution in [0.3, 0.4) is 0 Å². The zero-order chi connectivity index (χ0) is 16.7. The van der Waals surface area contributed by atoms with Gasteiger partial charge < -0.3 is 9.64 Å². The summed E-state index contributed by atoms with van der Waals surface area (Å²) in [6.07, 6.45) is 0.568. The first-order chi connectivity index (χ1) is 11.1. The highest BCUT2D eigenvalue weighted by Gasteiger charge is 2.12. The van der Waals surface area contributed by atoms with E-state index < -0.39 is 0 Å². The van der Waals surface area contributed by atoms with Crippen LogP contribution in [0.25, 0.3) is 0 Å². The Morgan fingerprint density at radius 2 is 2.17 bits per heavy atom. The largest absolute Gasteiger partial charge is 0.486 e. The lowest BCUT2D eigenvalue weighted by atomic mass is 10.3. The number of nitrogens with zero attached hydrogens (tertiary/aromatic N) is 3. The summed E-state index contributed by atoms with van der Waals surface area (Å²) in [6, 6.07) is 9.14. The molecule has 1 aromatic carbocycles. The summed E-state index contributed by atoms with van der Waals surface area (Å²) >= 11 is 7.28. The predicted molar refractivity (Wildman–Crippen MR) is 89.5 cm³/mol. The van der Waals surface area contributed by atoms with Crippen molar-refractivity contribution >= 4 is 28.8 Å². The van der Waals surface area contributed by atoms with Gasteiger partial charge in [0.15, 0.2) is 0 Å². The molecule has 0 aliphatic rings. The molecule has 1 aromatic heterocycles. The number of carbonyl (C=O) groups excluding carboxylic acids is 1. The van der Waals surface area contributed by atoms with E-state index in [1.54, 1.807) is 36.2 Å². The van der Waals surface area contributed by atoms with Crippen LogP contribution in [0, 0.1) is 11.3 Å². The highest BCUT2D eigenvalue weighted by atomic mass is 35.5. The lowest BCUT2D eigenvalue weighted by Crippen LogP contribution is -2.29. The van der Waals surface area contributed by atoms with Crippen molar-refractivity contribution in [2.75, 3.05) is 13.6 Å². The van der Waals surface area contributed by atoms with E-state index in [2.05, 4.69) is 4.98 Å². The predicted octanol–water partition coefficient (Wildman–Crippen LogP) is 3.29. The smallest absolute Gasteiger partial charge is 0.228 e. The Balaban J connectivity index is 1.84. The van der Waals surface area contributed by atoms with Gasteiger partial charge in [0, 0.05) is 24.0 Å². The molecule has 0 N–H and O–H groups in total. The van der Waals surface area contributed by atoms with Gasteiger partial charge in [-0.2, -0.15) is 5.26 Å². The van der Waals surface area contributed by atoms with Crippen LogP contribution in [0.15, 0.2) is 29.6 Å². The Morgan fingerprint density at radius 3 is 2.87 bits per heavy atom. The van der Waals surface area contributed by atoms with Crippen LogP contribution in [-0.2, 0) is 17.8 Å². The molecule has 0 aliphatic carbocycles. The van der Waals surface area contributed by atoms with Crippen molar-refractivity contribution in [3.8, 4) is 11.8 Å². The van der Waals surface area contributed by atoms with Crippen molar-refractivity contribution in [3.63, 3.8) is 0 Å². The Hall–Kier alpha value is -2.10. The van der Waals surface area contributed by atoms with Crippen LogP contribution in [-0.4, -0.2) is 29.4 Å². The molecule has 5 nitrogen and oxygen atoms in total. The zero-order valence-electron chi connectivity index (χ0n) is 12.7. The molecule has 0 unspecified atom stereocenters. The highest BCUT2D eigenvalue weighted by Crippen LogP contribution is 2.18. The second kappa shape index (κ2) is 8.51. The average Bonchev–Trinajstić information content (AvgIpc) is 2.99. The Labute approximate surface area is 144 Å². The van der Waals surface area contributed by atoms with Gasteiger partial charge in [0.1, 0.15) is 17.4 Å². The Kier molecular flexibility index (Phi) is 6.39. The molecule has 7 heteroatoms. The third-order valence-corrected chi connectivity index (χ3v) is 4.22. The number of aromatic nitrogens is 1. The normalized spacial score (nSPS) is 10.1. The van der Waals surface area contributed by atoms with Gasteiger partial charge in [-0.05, 0) is 24.3 Å². The molecule has 120 valence electrons. The van der Waals surface area contributed by atoms with E-state index in [-0.39, 0.29) is 12.3 Å². The van der Waals surface area contributed by atoms with Crippen molar-refractivity contribution in [2.45, 2.75) is 19.4 Å². The van der Waals surface area contributed by atoms with Crippen LogP contribution in [0.1, 0.15) is 17.1 Å². The Morgan fingerprint density at radius 1 is 1.43 bits per heavy atom. The van der Waals surface area contributed by atoms with E-state index in [9.17, 15) is 4.79 Å². The number of likely N-dealkylation sites (N-methyl/N-ethyl adjacent to an activating group) is 1. The summed E-state index contributed by atoms with van der Waals surface area (Å²) in [7, 11) is 1.69. The second-order valence-electron chi connectivity index (χ2n) is 4.88. The standard InChI is InChI=1S/C16H16ClN3O2S/c1-20(8-2-7-18)16(21)9-13-11-23-15(19-13)10-22-14-5-3-12(17)4-6-14/h3-6,11H,2,8-10H2,1H3. The summed E-state index contributed by atoms with van der Waals surface area (Å²) in [4.78, 5) is 17.9. The van der Waals surface area contributed by atoms with E-state index in [0.717, 1.165) is 16.5 Å². The molecule has 1 amide bonds. The van der Waals surface area contributed by atoms with Gasteiger partial charge in [-0.1, -0.05) is 11.6 Å². The fourth-order valence-corrected chi connectivity index (χ4v) is 2.64. The van der Waals surface area contributed by atoms with Crippen LogP contribution in [0.5, 0.6) is 5.75 Å². The summed E-state index contributed by atoms with van der Waals surface area (Å²) in [6.45, 7) is 0.788. The van der Waals surface area contributed by atoms with Gasteiger partial charge in [0.25, 0.3) is 0 Å². The fraction of sp³-hybridized carbons (Fsp3) is 0.312. The molecule has 0 aliphatic heterocycles. The molecule has 0 bridgehead atoms. The first-order valence-corrected chi connectivity index (χ1v) is 8.27. The molecule has 1 heterocycles. The molecule has 0 atom stereocenters. The first-order valence-electron chi connectivity index (χ1n) is 7.01. The van der Waals surface area contributed by atoms with Gasteiger partial charge in [0.2, 0.25) is 5.91 Å². The van der Waals surface area contributed by atoms with E-state index in [1.807, 2.05) is 11.4 Å². The molecule has 0 saturated heterocycles. The molecule has 2 rings (SSSR count). The third kappa shape index (κ3) is 5.55. The fourth-order valence-electron chi connectivity index (χ4n) is 1.80. The second-order valence-corrected chi connectivity index (χ2v) is 6.25. The van der Waals surface area contributed by atoms with Gasteiger partial charge in [0.05, 0.1) is 24.6 Å². The van der Waals surface area contributed by atoms with E-state index in [1.165, 1.54) is 11.3 Å². The maximum atomic E-state index is 12.0. The van der Waals surface area contributed by atoms with Crippen molar-refractivity contribution in [1.29, 1.82) is 5.26 Å². The maximum Gasteiger partial charge on any atom is 0.228 e.